The molecule has 1 atom stereocenters. The van der Waals surface area contributed by atoms with E-state index in [4.69, 9.17) is 15.7 Å². The largest absolute Gasteiger partial charge is 0.409 e. The van der Waals surface area contributed by atoms with Gasteiger partial charge in [-0.1, -0.05) is 17.3 Å². The lowest BCUT2D eigenvalue weighted by molar-refractivity contribution is -0.000187. The summed E-state index contributed by atoms with van der Waals surface area (Å²) in [5.41, 5.74) is 6.64. The SMILES string of the molecule is CN(CC1CCCCO1)C(=O)c1ccc(C(N)=NO)cc1. The molecule has 1 aromatic rings. The number of hydrogen-bond acceptors (Lipinski definition) is 4. The van der Waals surface area contributed by atoms with Crippen LogP contribution < -0.4 is 5.73 Å². The molecule has 1 aliphatic heterocycles. The molecule has 1 fully saturated rings. The van der Waals surface area contributed by atoms with Crippen molar-refractivity contribution in [3.8, 4) is 0 Å². The van der Waals surface area contributed by atoms with Crippen LogP contribution in [0.1, 0.15) is 35.2 Å². The first kappa shape index (κ1) is 15.3. The van der Waals surface area contributed by atoms with E-state index in [-0.39, 0.29) is 17.8 Å². The predicted octanol–water partition coefficient (Wildman–Crippen LogP) is 1.42. The zero-order valence-electron chi connectivity index (χ0n) is 12.2. The number of benzene rings is 1. The number of carbonyl (C=O) groups excluding carboxylic acids is 1. The van der Waals surface area contributed by atoms with Gasteiger partial charge in [-0.15, -0.1) is 0 Å². The molecule has 1 amide bonds. The second-order valence-electron chi connectivity index (χ2n) is 5.24. The second kappa shape index (κ2) is 7.08. The molecular weight excluding hydrogens is 270 g/mol. The zero-order chi connectivity index (χ0) is 15.2. The smallest absolute Gasteiger partial charge is 0.253 e. The van der Waals surface area contributed by atoms with Gasteiger partial charge in [0.1, 0.15) is 0 Å². The standard InChI is InChI=1S/C15H21N3O3/c1-18(10-13-4-2-3-9-21-13)15(19)12-7-5-11(6-8-12)14(16)17-20/h5-8,13,20H,2-4,9-10H2,1H3,(H2,16,17). The Bertz CT molecular complexity index is 507. The minimum Gasteiger partial charge on any atom is -0.409 e. The van der Waals surface area contributed by atoms with Gasteiger partial charge < -0.3 is 20.6 Å². The summed E-state index contributed by atoms with van der Waals surface area (Å²) in [6.07, 6.45) is 3.38. The van der Waals surface area contributed by atoms with Gasteiger partial charge in [-0.2, -0.15) is 0 Å². The third-order valence-electron chi connectivity index (χ3n) is 3.63. The van der Waals surface area contributed by atoms with Crippen molar-refractivity contribution >= 4 is 11.7 Å². The van der Waals surface area contributed by atoms with Gasteiger partial charge in [0.2, 0.25) is 0 Å². The van der Waals surface area contributed by atoms with E-state index in [1.54, 1.807) is 36.2 Å². The number of ether oxygens (including phenoxy) is 1. The van der Waals surface area contributed by atoms with Crippen LogP contribution in [0.15, 0.2) is 29.4 Å². The van der Waals surface area contributed by atoms with Gasteiger partial charge >= 0.3 is 0 Å². The number of oxime groups is 1. The molecule has 0 spiro atoms. The molecule has 6 nitrogen and oxygen atoms in total. The zero-order valence-corrected chi connectivity index (χ0v) is 12.2. The van der Waals surface area contributed by atoms with Gasteiger partial charge in [-0.05, 0) is 31.4 Å². The van der Waals surface area contributed by atoms with Gasteiger partial charge in [0.15, 0.2) is 5.84 Å². The number of nitrogens with two attached hydrogens (primary N) is 1. The third kappa shape index (κ3) is 3.95. The minimum atomic E-state index is -0.0600. The maximum Gasteiger partial charge on any atom is 0.253 e. The molecule has 6 heteroatoms. The highest BCUT2D eigenvalue weighted by Gasteiger charge is 2.19. The molecule has 0 aliphatic carbocycles. The highest BCUT2D eigenvalue weighted by Crippen LogP contribution is 2.15. The summed E-state index contributed by atoms with van der Waals surface area (Å²) in [5, 5.41) is 11.5. The molecule has 21 heavy (non-hydrogen) atoms. The van der Waals surface area contributed by atoms with Crippen molar-refractivity contribution in [3.05, 3.63) is 35.4 Å². The van der Waals surface area contributed by atoms with Gasteiger partial charge in [0.25, 0.3) is 5.91 Å². The van der Waals surface area contributed by atoms with E-state index < -0.39 is 0 Å². The lowest BCUT2D eigenvalue weighted by Gasteiger charge is -2.27. The summed E-state index contributed by atoms with van der Waals surface area (Å²) in [6.45, 7) is 1.38. The monoisotopic (exact) mass is 291 g/mol. The van der Waals surface area contributed by atoms with Crippen molar-refractivity contribution in [1.29, 1.82) is 0 Å². The predicted molar refractivity (Wildman–Crippen MR) is 79.5 cm³/mol. The Labute approximate surface area is 124 Å². The normalized spacial score (nSPS) is 19.3. The average molecular weight is 291 g/mol. The molecule has 3 N–H and O–H groups in total. The molecular formula is C15H21N3O3. The van der Waals surface area contributed by atoms with Crippen molar-refractivity contribution in [2.24, 2.45) is 10.9 Å². The number of nitrogens with zero attached hydrogens (tertiary/aromatic N) is 2. The second-order valence-corrected chi connectivity index (χ2v) is 5.24. The van der Waals surface area contributed by atoms with Gasteiger partial charge in [0.05, 0.1) is 6.10 Å². The Hall–Kier alpha value is -2.08. The highest BCUT2D eigenvalue weighted by molar-refractivity contribution is 5.99. The average Bonchev–Trinajstić information content (AvgIpc) is 2.54. The number of amidine groups is 1. The fourth-order valence-corrected chi connectivity index (χ4v) is 2.40. The van der Waals surface area contributed by atoms with Crippen LogP contribution in [0.3, 0.4) is 0 Å². The molecule has 2 rings (SSSR count). The molecule has 1 unspecified atom stereocenters. The lowest BCUT2D eigenvalue weighted by Crippen LogP contribution is -2.37. The van der Waals surface area contributed by atoms with E-state index in [1.165, 1.54) is 0 Å². The quantitative estimate of drug-likeness (QED) is 0.380. The first-order valence-electron chi connectivity index (χ1n) is 7.07. The molecule has 1 heterocycles. The van der Waals surface area contributed by atoms with Crippen LogP contribution in [-0.4, -0.2) is 48.2 Å². The first-order valence-corrected chi connectivity index (χ1v) is 7.07. The molecule has 0 radical (unpaired) electrons. The van der Waals surface area contributed by atoms with E-state index in [0.717, 1.165) is 25.9 Å². The summed E-state index contributed by atoms with van der Waals surface area (Å²) < 4.78 is 5.65. The summed E-state index contributed by atoms with van der Waals surface area (Å²) in [7, 11) is 1.78. The highest BCUT2D eigenvalue weighted by atomic mass is 16.5. The van der Waals surface area contributed by atoms with Crippen LogP contribution >= 0.6 is 0 Å². The van der Waals surface area contributed by atoms with E-state index in [1.807, 2.05) is 0 Å². The Kier molecular flexibility index (Phi) is 5.16. The number of amides is 1. The van der Waals surface area contributed by atoms with Crippen LogP contribution in [0.25, 0.3) is 0 Å². The van der Waals surface area contributed by atoms with Crippen molar-refractivity contribution < 1.29 is 14.7 Å². The van der Waals surface area contributed by atoms with Crippen molar-refractivity contribution in [2.45, 2.75) is 25.4 Å². The van der Waals surface area contributed by atoms with Crippen LogP contribution in [-0.2, 0) is 4.74 Å². The molecule has 114 valence electrons. The Morgan fingerprint density at radius 3 is 2.62 bits per heavy atom. The summed E-state index contributed by atoms with van der Waals surface area (Å²) in [5.74, 6) is -0.0341. The van der Waals surface area contributed by atoms with Gasteiger partial charge in [-0.25, -0.2) is 0 Å². The maximum absolute atomic E-state index is 12.3. The number of carbonyl (C=O) groups is 1. The molecule has 1 saturated heterocycles. The fourth-order valence-electron chi connectivity index (χ4n) is 2.40. The molecule has 0 bridgehead atoms. The molecule has 1 aliphatic rings. The van der Waals surface area contributed by atoms with Crippen LogP contribution in [0.2, 0.25) is 0 Å². The van der Waals surface area contributed by atoms with E-state index in [9.17, 15) is 4.79 Å². The molecule has 1 aromatic carbocycles. The Morgan fingerprint density at radius 2 is 2.05 bits per heavy atom. The van der Waals surface area contributed by atoms with Gasteiger partial charge in [0, 0.05) is 31.3 Å². The van der Waals surface area contributed by atoms with Crippen LogP contribution in [0.5, 0.6) is 0 Å². The summed E-state index contributed by atoms with van der Waals surface area (Å²) >= 11 is 0. The first-order chi connectivity index (χ1) is 10.1. The number of hydrogen-bond donors (Lipinski definition) is 2. The van der Waals surface area contributed by atoms with Crippen molar-refractivity contribution in [2.75, 3.05) is 20.2 Å². The van der Waals surface area contributed by atoms with Crippen LogP contribution in [0.4, 0.5) is 0 Å². The van der Waals surface area contributed by atoms with Crippen LogP contribution in [0, 0.1) is 0 Å². The van der Waals surface area contributed by atoms with E-state index in [0.29, 0.717) is 17.7 Å². The third-order valence-corrected chi connectivity index (χ3v) is 3.63. The van der Waals surface area contributed by atoms with Gasteiger partial charge in [-0.3, -0.25) is 4.79 Å². The number of rotatable bonds is 4. The van der Waals surface area contributed by atoms with E-state index >= 15 is 0 Å². The maximum atomic E-state index is 12.3. The fraction of sp³-hybridized carbons (Fsp3) is 0.467. The Morgan fingerprint density at radius 1 is 1.38 bits per heavy atom. The molecule has 0 aromatic heterocycles. The molecule has 0 saturated carbocycles. The lowest BCUT2D eigenvalue weighted by atomic mass is 10.1. The van der Waals surface area contributed by atoms with E-state index in [2.05, 4.69) is 5.16 Å². The van der Waals surface area contributed by atoms with Crippen molar-refractivity contribution in [3.63, 3.8) is 0 Å². The van der Waals surface area contributed by atoms with Crippen molar-refractivity contribution in [1.82, 2.24) is 4.90 Å². The Balaban J connectivity index is 1.98. The number of likely N-dealkylation sites (N-methyl/N-ethyl adjacent to an activating group) is 1. The minimum absolute atomic E-state index is 0.0259. The topological polar surface area (TPSA) is 88.2 Å². The summed E-state index contributed by atoms with van der Waals surface area (Å²) in [4.78, 5) is 14.0. The summed E-state index contributed by atoms with van der Waals surface area (Å²) in [6, 6.07) is 6.67.